The van der Waals surface area contributed by atoms with Crippen LogP contribution in [0.1, 0.15) is 17.7 Å². The van der Waals surface area contributed by atoms with E-state index in [9.17, 15) is 4.79 Å². The highest BCUT2D eigenvalue weighted by molar-refractivity contribution is 5.90. The average Bonchev–Trinajstić information content (AvgIpc) is 2.93. The van der Waals surface area contributed by atoms with Crippen molar-refractivity contribution in [3.8, 4) is 0 Å². The molecule has 4 N–H and O–H groups in total. The third kappa shape index (κ3) is 4.66. The van der Waals surface area contributed by atoms with E-state index in [1.165, 1.54) is 4.68 Å². The van der Waals surface area contributed by atoms with Gasteiger partial charge in [0.25, 0.3) is 0 Å². The number of benzene rings is 1. The molecule has 1 aromatic carbocycles. The summed E-state index contributed by atoms with van der Waals surface area (Å²) in [6.07, 6.45) is 3.14. The van der Waals surface area contributed by atoms with Crippen molar-refractivity contribution in [1.82, 2.24) is 15.0 Å². The highest BCUT2D eigenvalue weighted by atomic mass is 16.2. The fourth-order valence-corrected chi connectivity index (χ4v) is 1.94. The summed E-state index contributed by atoms with van der Waals surface area (Å²) >= 11 is 0. The molecule has 0 aliphatic heterocycles. The summed E-state index contributed by atoms with van der Waals surface area (Å²) < 4.78 is 1.45. The van der Waals surface area contributed by atoms with Gasteiger partial charge < -0.3 is 16.2 Å². The van der Waals surface area contributed by atoms with Crippen LogP contribution in [0.4, 0.5) is 5.69 Å². The molecule has 0 saturated heterocycles. The van der Waals surface area contributed by atoms with Crippen LogP contribution in [0.25, 0.3) is 0 Å². The molecule has 1 heterocycles. The highest BCUT2D eigenvalue weighted by Crippen LogP contribution is 2.12. The number of nitrogens with one attached hydrogen (secondary N) is 1. The Kier molecular flexibility index (Phi) is 5.42. The molecule has 7 heteroatoms. The van der Waals surface area contributed by atoms with Crippen LogP contribution in [0.3, 0.4) is 0 Å². The third-order valence-electron chi connectivity index (χ3n) is 2.94. The van der Waals surface area contributed by atoms with Crippen molar-refractivity contribution >= 4 is 11.6 Å². The monoisotopic (exact) mass is 289 g/mol. The maximum atomic E-state index is 11.9. The van der Waals surface area contributed by atoms with Gasteiger partial charge >= 0.3 is 0 Å². The topological polar surface area (TPSA) is 106 Å². The number of aromatic nitrogens is 3. The van der Waals surface area contributed by atoms with E-state index in [2.05, 4.69) is 15.6 Å². The molecule has 2 rings (SSSR count). The Morgan fingerprint density at radius 2 is 2.29 bits per heavy atom. The standard InChI is InChI=1S/C14H19N5O2/c15-8-13-9-19(18-17-13)10-14(21)16-12-5-1-3-11(7-12)4-2-6-20/h1,3,5,7,9,20H,2,4,6,8,10,15H2,(H,16,21). The quantitative estimate of drug-likeness (QED) is 0.680. The molecule has 2 aromatic rings. The Bertz CT molecular complexity index is 597. The first-order valence-electron chi connectivity index (χ1n) is 6.80. The lowest BCUT2D eigenvalue weighted by atomic mass is 10.1. The Morgan fingerprint density at radius 3 is 3.00 bits per heavy atom. The molecular formula is C14H19N5O2. The molecule has 0 aliphatic carbocycles. The van der Waals surface area contributed by atoms with Gasteiger partial charge in [0.05, 0.1) is 11.9 Å². The number of carbonyl (C=O) groups is 1. The van der Waals surface area contributed by atoms with E-state index in [0.29, 0.717) is 18.7 Å². The molecule has 0 spiro atoms. The van der Waals surface area contributed by atoms with Gasteiger partial charge in [-0.3, -0.25) is 4.79 Å². The summed E-state index contributed by atoms with van der Waals surface area (Å²) in [5.74, 6) is -0.178. The van der Waals surface area contributed by atoms with Crippen molar-refractivity contribution in [2.75, 3.05) is 11.9 Å². The number of aliphatic hydroxyl groups excluding tert-OH is 1. The number of aliphatic hydroxyl groups is 1. The second kappa shape index (κ2) is 7.51. The normalized spacial score (nSPS) is 10.6. The van der Waals surface area contributed by atoms with Crippen LogP contribution in [0.15, 0.2) is 30.5 Å². The van der Waals surface area contributed by atoms with Crippen LogP contribution < -0.4 is 11.1 Å². The van der Waals surface area contributed by atoms with Crippen molar-refractivity contribution in [2.45, 2.75) is 25.9 Å². The molecule has 1 aromatic heterocycles. The Balaban J connectivity index is 1.92. The summed E-state index contributed by atoms with van der Waals surface area (Å²) in [6.45, 7) is 0.550. The maximum absolute atomic E-state index is 11.9. The molecule has 0 aliphatic rings. The number of amides is 1. The van der Waals surface area contributed by atoms with Crippen molar-refractivity contribution in [3.63, 3.8) is 0 Å². The van der Waals surface area contributed by atoms with Crippen LogP contribution in [0.2, 0.25) is 0 Å². The van der Waals surface area contributed by atoms with E-state index in [-0.39, 0.29) is 19.1 Å². The molecule has 0 radical (unpaired) electrons. The van der Waals surface area contributed by atoms with Gasteiger partial charge in [-0.1, -0.05) is 17.3 Å². The number of hydrogen-bond donors (Lipinski definition) is 3. The van der Waals surface area contributed by atoms with E-state index in [1.807, 2.05) is 24.3 Å². The van der Waals surface area contributed by atoms with Gasteiger partial charge in [-0.15, -0.1) is 5.10 Å². The number of nitrogens with zero attached hydrogens (tertiary/aromatic N) is 3. The minimum absolute atomic E-state index is 0.0911. The molecule has 0 saturated carbocycles. The van der Waals surface area contributed by atoms with Crippen molar-refractivity contribution < 1.29 is 9.90 Å². The van der Waals surface area contributed by atoms with Gasteiger partial charge in [0.15, 0.2) is 0 Å². The molecule has 112 valence electrons. The fourth-order valence-electron chi connectivity index (χ4n) is 1.94. The maximum Gasteiger partial charge on any atom is 0.246 e. The van der Waals surface area contributed by atoms with Crippen molar-refractivity contribution in [2.24, 2.45) is 5.73 Å². The Hall–Kier alpha value is -2.25. The van der Waals surface area contributed by atoms with Crippen molar-refractivity contribution in [3.05, 3.63) is 41.7 Å². The number of hydrogen-bond acceptors (Lipinski definition) is 5. The minimum atomic E-state index is -0.178. The van der Waals surface area contributed by atoms with Gasteiger partial charge in [0.2, 0.25) is 5.91 Å². The first kappa shape index (κ1) is 15.1. The van der Waals surface area contributed by atoms with Crippen LogP contribution in [0.5, 0.6) is 0 Å². The number of anilines is 1. The number of aryl methyl sites for hydroxylation is 1. The van der Waals surface area contributed by atoms with Gasteiger partial charge in [0.1, 0.15) is 6.54 Å². The summed E-state index contributed by atoms with van der Waals surface area (Å²) in [6, 6.07) is 7.58. The lowest BCUT2D eigenvalue weighted by molar-refractivity contribution is -0.116. The first-order chi connectivity index (χ1) is 10.2. The number of rotatable bonds is 7. The summed E-state index contributed by atoms with van der Waals surface area (Å²) in [5.41, 5.74) is 7.89. The number of nitrogens with two attached hydrogens (primary N) is 1. The second-order valence-electron chi connectivity index (χ2n) is 4.69. The van der Waals surface area contributed by atoms with Gasteiger partial charge in [-0.05, 0) is 30.5 Å². The molecule has 0 bridgehead atoms. The average molecular weight is 289 g/mol. The first-order valence-corrected chi connectivity index (χ1v) is 6.80. The molecule has 0 fully saturated rings. The van der Waals surface area contributed by atoms with Crippen LogP contribution in [-0.4, -0.2) is 32.6 Å². The molecular weight excluding hydrogens is 270 g/mol. The van der Waals surface area contributed by atoms with Gasteiger partial charge in [-0.2, -0.15) is 0 Å². The largest absolute Gasteiger partial charge is 0.396 e. The molecule has 0 unspecified atom stereocenters. The smallest absolute Gasteiger partial charge is 0.246 e. The minimum Gasteiger partial charge on any atom is -0.396 e. The van der Waals surface area contributed by atoms with Crippen LogP contribution in [-0.2, 0) is 24.3 Å². The summed E-state index contributed by atoms with van der Waals surface area (Å²) in [4.78, 5) is 11.9. The SMILES string of the molecule is NCc1cn(CC(=O)Nc2cccc(CCCO)c2)nn1. The predicted molar refractivity (Wildman–Crippen MR) is 78.4 cm³/mol. The lowest BCUT2D eigenvalue weighted by Crippen LogP contribution is -2.19. The zero-order valence-electron chi connectivity index (χ0n) is 11.7. The van der Waals surface area contributed by atoms with Gasteiger partial charge in [0, 0.05) is 18.8 Å². The van der Waals surface area contributed by atoms with E-state index >= 15 is 0 Å². The molecule has 1 amide bonds. The van der Waals surface area contributed by atoms with Crippen molar-refractivity contribution in [1.29, 1.82) is 0 Å². The zero-order chi connectivity index (χ0) is 15.1. The lowest BCUT2D eigenvalue weighted by Gasteiger charge is -2.07. The summed E-state index contributed by atoms with van der Waals surface area (Å²) in [7, 11) is 0. The summed E-state index contributed by atoms with van der Waals surface area (Å²) in [5, 5.41) is 19.3. The Morgan fingerprint density at radius 1 is 1.43 bits per heavy atom. The zero-order valence-corrected chi connectivity index (χ0v) is 11.7. The van der Waals surface area contributed by atoms with Gasteiger partial charge in [-0.25, -0.2) is 4.68 Å². The molecule has 0 atom stereocenters. The highest BCUT2D eigenvalue weighted by Gasteiger charge is 2.06. The van der Waals surface area contributed by atoms with E-state index in [0.717, 1.165) is 17.7 Å². The fraction of sp³-hybridized carbons (Fsp3) is 0.357. The second-order valence-corrected chi connectivity index (χ2v) is 4.69. The Labute approximate surface area is 122 Å². The third-order valence-corrected chi connectivity index (χ3v) is 2.94. The molecule has 7 nitrogen and oxygen atoms in total. The predicted octanol–water partition coefficient (Wildman–Crippen LogP) is 0.300. The van der Waals surface area contributed by atoms with E-state index in [4.69, 9.17) is 10.8 Å². The number of carbonyl (C=O) groups excluding carboxylic acids is 1. The van der Waals surface area contributed by atoms with E-state index in [1.54, 1.807) is 6.20 Å². The van der Waals surface area contributed by atoms with Crippen LogP contribution in [0, 0.1) is 0 Å². The van der Waals surface area contributed by atoms with Crippen LogP contribution >= 0.6 is 0 Å². The molecule has 21 heavy (non-hydrogen) atoms. The van der Waals surface area contributed by atoms with E-state index < -0.39 is 0 Å².